The Labute approximate surface area is 119 Å². The van der Waals surface area contributed by atoms with Crippen LogP contribution in [0.4, 0.5) is 0 Å². The van der Waals surface area contributed by atoms with Crippen molar-refractivity contribution >= 4 is 9.84 Å². The van der Waals surface area contributed by atoms with E-state index < -0.39 is 9.84 Å². The summed E-state index contributed by atoms with van der Waals surface area (Å²) in [6.07, 6.45) is 3.39. The van der Waals surface area contributed by atoms with E-state index in [0.717, 1.165) is 19.3 Å². The third-order valence-electron chi connectivity index (χ3n) is 4.00. The van der Waals surface area contributed by atoms with Gasteiger partial charge >= 0.3 is 0 Å². The summed E-state index contributed by atoms with van der Waals surface area (Å²) in [5.74, 6) is 0.507. The van der Waals surface area contributed by atoms with Crippen LogP contribution >= 0.6 is 0 Å². The molecule has 0 heterocycles. The van der Waals surface area contributed by atoms with E-state index in [1.54, 1.807) is 6.92 Å². The second kappa shape index (κ2) is 8.93. The Balaban J connectivity index is 4.62. The first-order valence-electron chi connectivity index (χ1n) is 7.42. The lowest BCUT2D eigenvalue weighted by molar-refractivity contribution is -0.0722. The number of ether oxygens (including phenoxy) is 1. The number of sulfone groups is 1. The zero-order chi connectivity index (χ0) is 14.9. The van der Waals surface area contributed by atoms with Gasteiger partial charge < -0.3 is 10.1 Å². The molecule has 0 aromatic heterocycles. The van der Waals surface area contributed by atoms with Crippen LogP contribution in [0.1, 0.15) is 53.4 Å². The van der Waals surface area contributed by atoms with Crippen molar-refractivity contribution in [1.29, 1.82) is 0 Å². The van der Waals surface area contributed by atoms with E-state index in [-0.39, 0.29) is 23.1 Å². The third-order valence-corrected chi connectivity index (χ3v) is 5.79. The molecule has 0 aliphatic rings. The largest absolute Gasteiger partial charge is 0.374 e. The van der Waals surface area contributed by atoms with Crippen LogP contribution in [0.15, 0.2) is 0 Å². The lowest BCUT2D eigenvalue weighted by Gasteiger charge is -2.39. The summed E-state index contributed by atoms with van der Waals surface area (Å²) in [6, 6.07) is 0.203. The van der Waals surface area contributed by atoms with Crippen LogP contribution in [0, 0.1) is 0 Å². The summed E-state index contributed by atoms with van der Waals surface area (Å²) < 4.78 is 29.0. The predicted molar refractivity (Wildman–Crippen MR) is 81.3 cm³/mol. The zero-order valence-corrected chi connectivity index (χ0v) is 14.0. The lowest BCUT2D eigenvalue weighted by Crippen LogP contribution is -2.51. The van der Waals surface area contributed by atoms with Crippen LogP contribution in [0.25, 0.3) is 0 Å². The van der Waals surface area contributed by atoms with Crippen LogP contribution in [0.5, 0.6) is 0 Å². The van der Waals surface area contributed by atoms with E-state index in [0.29, 0.717) is 13.0 Å². The fourth-order valence-corrected chi connectivity index (χ4v) is 3.55. The number of hydrogen-bond acceptors (Lipinski definition) is 4. The fourth-order valence-electron chi connectivity index (χ4n) is 2.66. The third kappa shape index (κ3) is 5.79. The molecule has 1 N–H and O–H groups in total. The standard InChI is InChI=1S/C14H31NO3S/c1-6-14(7-2,18-8-3)13(15-5)11-10-12-19(16,17)9-4/h13,15H,6-12H2,1-5H3. The summed E-state index contributed by atoms with van der Waals surface area (Å²) >= 11 is 0. The highest BCUT2D eigenvalue weighted by Crippen LogP contribution is 2.27. The molecular weight excluding hydrogens is 262 g/mol. The van der Waals surface area contributed by atoms with Gasteiger partial charge in [-0.1, -0.05) is 20.8 Å². The summed E-state index contributed by atoms with van der Waals surface area (Å²) in [5, 5.41) is 3.31. The molecule has 0 aromatic carbocycles. The van der Waals surface area contributed by atoms with Gasteiger partial charge in [-0.05, 0) is 39.7 Å². The minimum absolute atomic E-state index is 0.181. The second-order valence-corrected chi connectivity index (χ2v) is 7.40. The topological polar surface area (TPSA) is 55.4 Å². The van der Waals surface area contributed by atoms with Gasteiger partial charge in [-0.25, -0.2) is 8.42 Å². The minimum Gasteiger partial charge on any atom is -0.374 e. The Morgan fingerprint density at radius 3 is 2.11 bits per heavy atom. The first kappa shape index (κ1) is 18.9. The van der Waals surface area contributed by atoms with Gasteiger partial charge in [0.05, 0.1) is 11.4 Å². The van der Waals surface area contributed by atoms with Crippen molar-refractivity contribution in [2.45, 2.75) is 65.0 Å². The summed E-state index contributed by atoms with van der Waals surface area (Å²) in [7, 11) is -0.935. The smallest absolute Gasteiger partial charge is 0.150 e. The highest BCUT2D eigenvalue weighted by atomic mass is 32.2. The molecule has 0 fully saturated rings. The quantitative estimate of drug-likeness (QED) is 0.635. The summed E-state index contributed by atoms with van der Waals surface area (Å²) in [6.45, 7) is 8.66. The molecule has 0 rings (SSSR count). The maximum atomic E-state index is 11.5. The molecule has 0 aromatic rings. The van der Waals surface area contributed by atoms with Crippen molar-refractivity contribution in [3.05, 3.63) is 0 Å². The van der Waals surface area contributed by atoms with Gasteiger partial charge in [-0.3, -0.25) is 0 Å². The molecule has 4 nitrogen and oxygen atoms in total. The van der Waals surface area contributed by atoms with E-state index in [4.69, 9.17) is 4.74 Å². The Morgan fingerprint density at radius 1 is 1.16 bits per heavy atom. The van der Waals surface area contributed by atoms with Gasteiger partial charge in [0.15, 0.2) is 0 Å². The molecule has 0 aliphatic heterocycles. The minimum atomic E-state index is -2.86. The molecule has 1 unspecified atom stereocenters. The highest BCUT2D eigenvalue weighted by Gasteiger charge is 2.35. The van der Waals surface area contributed by atoms with Crippen molar-refractivity contribution in [3.8, 4) is 0 Å². The Hall–Kier alpha value is -0.130. The van der Waals surface area contributed by atoms with Crippen LogP contribution in [0.3, 0.4) is 0 Å². The Morgan fingerprint density at radius 2 is 1.74 bits per heavy atom. The van der Waals surface area contributed by atoms with Gasteiger partial charge in [0.25, 0.3) is 0 Å². The highest BCUT2D eigenvalue weighted by molar-refractivity contribution is 7.91. The zero-order valence-electron chi connectivity index (χ0n) is 13.2. The fraction of sp³-hybridized carbons (Fsp3) is 1.00. The second-order valence-electron chi connectivity index (χ2n) is 4.92. The number of rotatable bonds is 11. The molecule has 0 spiro atoms. The number of hydrogen-bond donors (Lipinski definition) is 1. The molecule has 1 atom stereocenters. The average Bonchev–Trinajstić information content (AvgIpc) is 2.41. The molecule has 0 bridgehead atoms. The maximum absolute atomic E-state index is 11.5. The molecule has 0 saturated carbocycles. The number of likely N-dealkylation sites (N-methyl/N-ethyl adjacent to an activating group) is 1. The van der Waals surface area contributed by atoms with Crippen molar-refractivity contribution in [2.24, 2.45) is 0 Å². The monoisotopic (exact) mass is 293 g/mol. The van der Waals surface area contributed by atoms with E-state index in [1.807, 2.05) is 14.0 Å². The molecule has 0 saturated heterocycles. The molecule has 0 radical (unpaired) electrons. The van der Waals surface area contributed by atoms with E-state index in [2.05, 4.69) is 19.2 Å². The SMILES string of the molecule is CCOC(CC)(CC)C(CCCS(=O)(=O)CC)NC. The number of nitrogens with one attached hydrogen (secondary N) is 1. The normalized spacial score (nSPS) is 14.6. The summed E-state index contributed by atoms with van der Waals surface area (Å²) in [4.78, 5) is 0. The van der Waals surface area contributed by atoms with E-state index >= 15 is 0 Å². The van der Waals surface area contributed by atoms with Crippen LogP contribution < -0.4 is 5.32 Å². The van der Waals surface area contributed by atoms with Gasteiger partial charge in [0.2, 0.25) is 0 Å². The van der Waals surface area contributed by atoms with Gasteiger partial charge in [0, 0.05) is 18.4 Å². The Kier molecular flexibility index (Phi) is 8.86. The molecule has 19 heavy (non-hydrogen) atoms. The van der Waals surface area contributed by atoms with Crippen LogP contribution in [-0.2, 0) is 14.6 Å². The molecule has 5 heteroatoms. The van der Waals surface area contributed by atoms with Crippen molar-refractivity contribution in [1.82, 2.24) is 5.32 Å². The average molecular weight is 293 g/mol. The molecular formula is C14H31NO3S. The molecule has 0 aliphatic carbocycles. The van der Waals surface area contributed by atoms with Crippen molar-refractivity contribution < 1.29 is 13.2 Å². The van der Waals surface area contributed by atoms with Crippen molar-refractivity contribution in [3.63, 3.8) is 0 Å². The first-order valence-corrected chi connectivity index (χ1v) is 9.25. The van der Waals surface area contributed by atoms with Gasteiger partial charge in [-0.2, -0.15) is 0 Å². The molecule has 116 valence electrons. The van der Waals surface area contributed by atoms with Crippen LogP contribution in [0.2, 0.25) is 0 Å². The van der Waals surface area contributed by atoms with Crippen molar-refractivity contribution in [2.75, 3.05) is 25.2 Å². The summed E-state index contributed by atoms with van der Waals surface area (Å²) in [5.41, 5.74) is -0.181. The maximum Gasteiger partial charge on any atom is 0.150 e. The van der Waals surface area contributed by atoms with Gasteiger partial charge in [-0.15, -0.1) is 0 Å². The molecule has 0 amide bonds. The predicted octanol–water partition coefficient (Wildman–Crippen LogP) is 2.38. The van der Waals surface area contributed by atoms with Crippen LogP contribution in [-0.4, -0.2) is 45.2 Å². The van der Waals surface area contributed by atoms with E-state index in [9.17, 15) is 8.42 Å². The lowest BCUT2D eigenvalue weighted by atomic mass is 9.85. The first-order chi connectivity index (χ1) is 8.91. The van der Waals surface area contributed by atoms with Gasteiger partial charge in [0.1, 0.15) is 9.84 Å². The van der Waals surface area contributed by atoms with E-state index in [1.165, 1.54) is 0 Å². The Bertz CT molecular complexity index is 324.